The second kappa shape index (κ2) is 6.02. The second-order valence-corrected chi connectivity index (χ2v) is 4.83. The van der Waals surface area contributed by atoms with Gasteiger partial charge in [-0.05, 0) is 37.2 Å². The van der Waals surface area contributed by atoms with Gasteiger partial charge >= 0.3 is 0 Å². The molecule has 1 aromatic carbocycles. The molecule has 0 aliphatic carbocycles. The van der Waals surface area contributed by atoms with Crippen molar-refractivity contribution in [2.75, 3.05) is 7.05 Å². The molecule has 2 aromatic rings. The van der Waals surface area contributed by atoms with Crippen molar-refractivity contribution in [1.29, 1.82) is 0 Å². The molecule has 1 N–H and O–H groups in total. The van der Waals surface area contributed by atoms with Gasteiger partial charge in [0.25, 0.3) is 0 Å². The lowest BCUT2D eigenvalue weighted by atomic mass is 10.0. The Labute approximate surface area is 114 Å². The zero-order valence-corrected chi connectivity index (χ0v) is 11.5. The number of benzene rings is 1. The molecule has 2 rings (SSSR count). The molecule has 5 heteroatoms. The first kappa shape index (κ1) is 13.1. The summed E-state index contributed by atoms with van der Waals surface area (Å²) in [5.41, 5.74) is 1.52. The molecule has 0 saturated heterocycles. The Morgan fingerprint density at radius 3 is 2.83 bits per heavy atom. The van der Waals surface area contributed by atoms with E-state index in [1.165, 1.54) is 12.4 Å². The smallest absolute Gasteiger partial charge is 0.127 e. The quantitative estimate of drug-likeness (QED) is 0.943. The minimum atomic E-state index is -0.210. The number of rotatable bonds is 4. The van der Waals surface area contributed by atoms with Crippen LogP contribution in [0.4, 0.5) is 4.39 Å². The number of aromatic nitrogens is 2. The highest BCUT2D eigenvalue weighted by atomic mass is 79.9. The van der Waals surface area contributed by atoms with E-state index in [0.717, 1.165) is 10.2 Å². The molecule has 0 spiro atoms. The average Bonchev–Trinajstić information content (AvgIpc) is 2.39. The Morgan fingerprint density at radius 1 is 1.39 bits per heavy atom. The molecule has 94 valence electrons. The van der Waals surface area contributed by atoms with E-state index in [4.69, 9.17) is 0 Å². The number of halogens is 2. The van der Waals surface area contributed by atoms with E-state index in [2.05, 4.69) is 31.2 Å². The van der Waals surface area contributed by atoms with Gasteiger partial charge in [-0.1, -0.05) is 22.0 Å². The molecular formula is C13H13BrFN3. The van der Waals surface area contributed by atoms with Crippen LogP contribution in [0.25, 0.3) is 0 Å². The predicted molar refractivity (Wildman–Crippen MR) is 71.6 cm³/mol. The number of nitrogens with zero attached hydrogens (tertiary/aromatic N) is 2. The molecule has 0 saturated carbocycles. The summed E-state index contributed by atoms with van der Waals surface area (Å²) in [6.07, 6.45) is 3.73. The van der Waals surface area contributed by atoms with Gasteiger partial charge in [-0.15, -0.1) is 0 Å². The summed E-state index contributed by atoms with van der Waals surface area (Å²) in [6.45, 7) is 0. The first-order valence-electron chi connectivity index (χ1n) is 5.58. The maximum atomic E-state index is 13.8. The summed E-state index contributed by atoms with van der Waals surface area (Å²) < 4.78 is 14.5. The lowest BCUT2D eigenvalue weighted by molar-refractivity contribution is 0.543. The molecule has 0 aliphatic rings. The highest BCUT2D eigenvalue weighted by Gasteiger charge is 2.13. The first-order chi connectivity index (χ1) is 8.70. The van der Waals surface area contributed by atoms with E-state index in [9.17, 15) is 4.39 Å². The van der Waals surface area contributed by atoms with Gasteiger partial charge in [0.05, 0.1) is 11.7 Å². The van der Waals surface area contributed by atoms with Gasteiger partial charge in [-0.3, -0.25) is 0 Å². The van der Waals surface area contributed by atoms with Crippen LogP contribution in [0.15, 0.2) is 41.3 Å². The zero-order valence-electron chi connectivity index (χ0n) is 9.90. The summed E-state index contributed by atoms with van der Waals surface area (Å²) >= 11 is 3.25. The van der Waals surface area contributed by atoms with Crippen LogP contribution in [-0.2, 0) is 6.42 Å². The third-order valence-corrected chi connectivity index (χ3v) is 3.24. The fraction of sp³-hybridized carbons (Fsp3) is 0.231. The minimum absolute atomic E-state index is 0.0244. The molecule has 0 fully saturated rings. The topological polar surface area (TPSA) is 37.8 Å². The van der Waals surface area contributed by atoms with Gasteiger partial charge in [0.1, 0.15) is 12.1 Å². The van der Waals surface area contributed by atoms with E-state index in [1.54, 1.807) is 12.3 Å². The van der Waals surface area contributed by atoms with E-state index >= 15 is 0 Å². The van der Waals surface area contributed by atoms with E-state index < -0.39 is 0 Å². The van der Waals surface area contributed by atoms with Crippen molar-refractivity contribution in [3.8, 4) is 0 Å². The average molecular weight is 310 g/mol. The van der Waals surface area contributed by atoms with Crippen molar-refractivity contribution in [2.45, 2.75) is 12.5 Å². The van der Waals surface area contributed by atoms with E-state index in [0.29, 0.717) is 12.0 Å². The fourth-order valence-electron chi connectivity index (χ4n) is 1.77. The Bertz CT molecular complexity index is 519. The summed E-state index contributed by atoms with van der Waals surface area (Å²) in [5, 5.41) is 3.14. The molecule has 1 atom stereocenters. The maximum absolute atomic E-state index is 13.8. The highest BCUT2D eigenvalue weighted by Crippen LogP contribution is 2.20. The van der Waals surface area contributed by atoms with Gasteiger partial charge in [-0.2, -0.15) is 0 Å². The molecule has 3 nitrogen and oxygen atoms in total. The first-order valence-corrected chi connectivity index (χ1v) is 6.37. The molecule has 0 radical (unpaired) electrons. The molecule has 18 heavy (non-hydrogen) atoms. The molecule has 1 unspecified atom stereocenters. The normalized spacial score (nSPS) is 12.4. The second-order valence-electron chi connectivity index (χ2n) is 3.92. The largest absolute Gasteiger partial charge is 0.311 e. The molecule has 1 heterocycles. The molecule has 0 aliphatic heterocycles. The van der Waals surface area contributed by atoms with Crippen LogP contribution < -0.4 is 5.32 Å². The van der Waals surface area contributed by atoms with Gasteiger partial charge in [0.15, 0.2) is 0 Å². The van der Waals surface area contributed by atoms with Crippen molar-refractivity contribution >= 4 is 15.9 Å². The lowest BCUT2D eigenvalue weighted by Crippen LogP contribution is -2.20. The number of hydrogen-bond donors (Lipinski definition) is 1. The molecule has 0 amide bonds. The van der Waals surface area contributed by atoms with E-state index in [-0.39, 0.29) is 11.9 Å². The fourth-order valence-corrected chi connectivity index (χ4v) is 2.10. The molecule has 0 bridgehead atoms. The Kier molecular flexibility index (Phi) is 4.38. The van der Waals surface area contributed by atoms with Crippen LogP contribution in [0.5, 0.6) is 0 Å². The van der Waals surface area contributed by atoms with Crippen LogP contribution in [-0.4, -0.2) is 17.0 Å². The van der Waals surface area contributed by atoms with Gasteiger partial charge in [0.2, 0.25) is 0 Å². The van der Waals surface area contributed by atoms with Crippen molar-refractivity contribution < 1.29 is 4.39 Å². The Hall–Kier alpha value is -1.33. The predicted octanol–water partition coefficient (Wildman–Crippen LogP) is 2.88. The van der Waals surface area contributed by atoms with Gasteiger partial charge < -0.3 is 5.32 Å². The van der Waals surface area contributed by atoms with Gasteiger partial charge in [-0.25, -0.2) is 14.4 Å². The summed E-state index contributed by atoms with van der Waals surface area (Å²) in [6, 6.07) is 6.90. The van der Waals surface area contributed by atoms with Crippen molar-refractivity contribution in [2.24, 2.45) is 0 Å². The lowest BCUT2D eigenvalue weighted by Gasteiger charge is -2.15. The van der Waals surface area contributed by atoms with Crippen molar-refractivity contribution in [3.05, 3.63) is 58.3 Å². The maximum Gasteiger partial charge on any atom is 0.127 e. The van der Waals surface area contributed by atoms with Crippen molar-refractivity contribution in [3.63, 3.8) is 0 Å². The summed E-state index contributed by atoms with van der Waals surface area (Å²) in [4.78, 5) is 8.07. The summed E-state index contributed by atoms with van der Waals surface area (Å²) in [5.74, 6) is -0.210. The minimum Gasteiger partial charge on any atom is -0.311 e. The third-order valence-electron chi connectivity index (χ3n) is 2.75. The van der Waals surface area contributed by atoms with E-state index in [1.807, 2.05) is 19.2 Å². The van der Waals surface area contributed by atoms with Crippen LogP contribution >= 0.6 is 15.9 Å². The van der Waals surface area contributed by atoms with Gasteiger partial charge in [0, 0.05) is 10.7 Å². The monoisotopic (exact) mass is 309 g/mol. The Balaban J connectivity index is 2.21. The number of hydrogen-bond acceptors (Lipinski definition) is 3. The van der Waals surface area contributed by atoms with Crippen LogP contribution in [0, 0.1) is 5.82 Å². The molecular weight excluding hydrogens is 297 g/mol. The van der Waals surface area contributed by atoms with Crippen LogP contribution in [0.2, 0.25) is 0 Å². The number of likely N-dealkylation sites (N-methyl/N-ethyl adjacent to an activating group) is 1. The third kappa shape index (κ3) is 3.11. The van der Waals surface area contributed by atoms with Crippen molar-refractivity contribution in [1.82, 2.24) is 15.3 Å². The summed E-state index contributed by atoms with van der Waals surface area (Å²) in [7, 11) is 1.84. The Morgan fingerprint density at radius 2 is 2.22 bits per heavy atom. The standard InChI is InChI=1S/C13H13BrFN3/c1-16-13(12-4-5-17-8-18-12)6-9-2-3-10(14)7-11(9)15/h2-5,7-8,13,16H,6H2,1H3. The highest BCUT2D eigenvalue weighted by molar-refractivity contribution is 9.10. The van der Waals surface area contributed by atoms with Crippen LogP contribution in [0.1, 0.15) is 17.3 Å². The SMILES string of the molecule is CNC(Cc1ccc(Br)cc1F)c1ccncn1. The number of nitrogens with one attached hydrogen (secondary N) is 1. The molecule has 1 aromatic heterocycles. The zero-order chi connectivity index (χ0) is 13.0. The van der Waals surface area contributed by atoms with Crippen LogP contribution in [0.3, 0.4) is 0 Å².